The minimum atomic E-state index is 0.635. The average Bonchev–Trinajstić information content (AvgIpc) is 2.44. The Hall–Kier alpha value is -0.860. The van der Waals surface area contributed by atoms with E-state index in [1.165, 1.54) is 31.5 Å². The van der Waals surface area contributed by atoms with Gasteiger partial charge in [0.25, 0.3) is 0 Å². The molecule has 0 radical (unpaired) electrons. The van der Waals surface area contributed by atoms with Gasteiger partial charge in [0.1, 0.15) is 0 Å². The maximum Gasteiger partial charge on any atom is 0.0107 e. The van der Waals surface area contributed by atoms with Gasteiger partial charge in [-0.25, -0.2) is 0 Å². The van der Waals surface area contributed by atoms with Crippen LogP contribution in [0.25, 0.3) is 0 Å². The lowest BCUT2D eigenvalue weighted by Crippen LogP contribution is -2.46. The summed E-state index contributed by atoms with van der Waals surface area (Å²) >= 11 is 0. The Morgan fingerprint density at radius 3 is 2.75 bits per heavy atom. The molecular formula is C18H30N2. The molecule has 2 heteroatoms. The van der Waals surface area contributed by atoms with Gasteiger partial charge in [-0.1, -0.05) is 44.2 Å². The fourth-order valence-corrected chi connectivity index (χ4v) is 3.18. The Morgan fingerprint density at radius 2 is 2.05 bits per heavy atom. The van der Waals surface area contributed by atoms with E-state index in [0.717, 1.165) is 18.9 Å². The molecule has 0 aliphatic carbocycles. The zero-order chi connectivity index (χ0) is 14.4. The summed E-state index contributed by atoms with van der Waals surface area (Å²) in [4.78, 5) is 2.70. The first kappa shape index (κ1) is 15.5. The average molecular weight is 274 g/mol. The van der Waals surface area contributed by atoms with Crippen molar-refractivity contribution in [2.24, 2.45) is 5.92 Å². The van der Waals surface area contributed by atoms with E-state index in [1.54, 1.807) is 0 Å². The molecule has 0 saturated carbocycles. The van der Waals surface area contributed by atoms with Gasteiger partial charge in [-0.2, -0.15) is 0 Å². The molecule has 20 heavy (non-hydrogen) atoms. The van der Waals surface area contributed by atoms with Crippen LogP contribution in [-0.2, 0) is 6.42 Å². The number of rotatable bonds is 4. The maximum absolute atomic E-state index is 3.70. The third-order valence-electron chi connectivity index (χ3n) is 4.56. The molecule has 1 saturated heterocycles. The lowest BCUT2D eigenvalue weighted by Gasteiger charge is -2.36. The second kappa shape index (κ2) is 7.80. The summed E-state index contributed by atoms with van der Waals surface area (Å²) in [6, 6.07) is 12.2. The predicted octanol–water partition coefficient (Wildman–Crippen LogP) is 3.33. The maximum atomic E-state index is 3.70. The predicted molar refractivity (Wildman–Crippen MR) is 87.0 cm³/mol. The highest BCUT2D eigenvalue weighted by atomic mass is 15.2. The molecule has 3 atom stereocenters. The largest absolute Gasteiger partial charge is 0.314 e. The summed E-state index contributed by atoms with van der Waals surface area (Å²) < 4.78 is 0. The van der Waals surface area contributed by atoms with Crippen LogP contribution in [-0.4, -0.2) is 36.6 Å². The smallest absolute Gasteiger partial charge is 0.0107 e. The Morgan fingerprint density at radius 1 is 1.30 bits per heavy atom. The highest BCUT2D eigenvalue weighted by Gasteiger charge is 2.21. The van der Waals surface area contributed by atoms with Gasteiger partial charge in [0, 0.05) is 18.6 Å². The van der Waals surface area contributed by atoms with Gasteiger partial charge in [-0.15, -0.1) is 0 Å². The fourth-order valence-electron chi connectivity index (χ4n) is 3.18. The van der Waals surface area contributed by atoms with Crippen molar-refractivity contribution >= 4 is 0 Å². The minimum absolute atomic E-state index is 0.635. The van der Waals surface area contributed by atoms with Gasteiger partial charge in [0.2, 0.25) is 0 Å². The third-order valence-corrected chi connectivity index (χ3v) is 4.56. The number of hydrogen-bond donors (Lipinski definition) is 1. The molecule has 0 spiro atoms. The molecule has 0 aromatic heterocycles. The van der Waals surface area contributed by atoms with Gasteiger partial charge < -0.3 is 5.32 Å². The molecule has 1 N–H and O–H groups in total. The molecule has 112 valence electrons. The molecule has 1 fully saturated rings. The normalized spacial score (nSPS) is 26.8. The van der Waals surface area contributed by atoms with Crippen molar-refractivity contribution in [3.63, 3.8) is 0 Å². The molecule has 1 aromatic carbocycles. The van der Waals surface area contributed by atoms with Crippen molar-refractivity contribution in [2.45, 2.75) is 52.1 Å². The SMILES string of the molecule is CCC1CCN(C(C)Cc2ccccc2)CC(C)CN1. The van der Waals surface area contributed by atoms with E-state index in [1.807, 2.05) is 0 Å². The second-order valence-corrected chi connectivity index (χ2v) is 6.44. The van der Waals surface area contributed by atoms with Gasteiger partial charge in [-0.05, 0) is 50.8 Å². The molecule has 1 aliphatic rings. The first-order valence-corrected chi connectivity index (χ1v) is 8.20. The van der Waals surface area contributed by atoms with E-state index < -0.39 is 0 Å². The number of hydrogen-bond acceptors (Lipinski definition) is 2. The first-order chi connectivity index (χ1) is 9.69. The Balaban J connectivity index is 1.94. The molecule has 2 nitrogen and oxygen atoms in total. The first-order valence-electron chi connectivity index (χ1n) is 8.20. The lowest BCUT2D eigenvalue weighted by molar-refractivity contribution is 0.152. The fraction of sp³-hybridized carbons (Fsp3) is 0.667. The molecule has 1 heterocycles. The van der Waals surface area contributed by atoms with Crippen molar-refractivity contribution in [1.29, 1.82) is 0 Å². The van der Waals surface area contributed by atoms with E-state index >= 15 is 0 Å². The highest BCUT2D eigenvalue weighted by Crippen LogP contribution is 2.15. The Bertz CT molecular complexity index is 376. The van der Waals surface area contributed by atoms with Crippen LogP contribution in [0.4, 0.5) is 0 Å². The summed E-state index contributed by atoms with van der Waals surface area (Å²) in [6.45, 7) is 10.7. The van der Waals surface area contributed by atoms with Crippen LogP contribution in [0.15, 0.2) is 30.3 Å². The van der Waals surface area contributed by atoms with Crippen LogP contribution >= 0.6 is 0 Å². The second-order valence-electron chi connectivity index (χ2n) is 6.44. The number of nitrogens with one attached hydrogen (secondary N) is 1. The van der Waals surface area contributed by atoms with E-state index in [-0.39, 0.29) is 0 Å². The Labute approximate surface area is 124 Å². The van der Waals surface area contributed by atoms with Crippen LogP contribution in [0.1, 0.15) is 39.2 Å². The number of nitrogens with zero attached hydrogens (tertiary/aromatic N) is 1. The Kier molecular flexibility index (Phi) is 6.06. The van der Waals surface area contributed by atoms with Crippen molar-refractivity contribution in [3.05, 3.63) is 35.9 Å². The van der Waals surface area contributed by atoms with Crippen molar-refractivity contribution in [2.75, 3.05) is 19.6 Å². The molecular weight excluding hydrogens is 244 g/mol. The minimum Gasteiger partial charge on any atom is -0.314 e. The summed E-state index contributed by atoms with van der Waals surface area (Å²) in [5.74, 6) is 0.738. The van der Waals surface area contributed by atoms with Gasteiger partial charge >= 0.3 is 0 Å². The zero-order valence-corrected chi connectivity index (χ0v) is 13.3. The summed E-state index contributed by atoms with van der Waals surface area (Å²) in [5.41, 5.74) is 1.46. The molecule has 3 unspecified atom stereocenters. The van der Waals surface area contributed by atoms with Gasteiger partial charge in [0.15, 0.2) is 0 Å². The lowest BCUT2D eigenvalue weighted by atomic mass is 10.0. The van der Waals surface area contributed by atoms with Crippen molar-refractivity contribution < 1.29 is 0 Å². The molecule has 1 aliphatic heterocycles. The van der Waals surface area contributed by atoms with Gasteiger partial charge in [0.05, 0.1) is 0 Å². The van der Waals surface area contributed by atoms with Crippen molar-refractivity contribution in [3.8, 4) is 0 Å². The van der Waals surface area contributed by atoms with Crippen LogP contribution in [0.5, 0.6) is 0 Å². The van der Waals surface area contributed by atoms with Crippen LogP contribution in [0.2, 0.25) is 0 Å². The molecule has 0 bridgehead atoms. The third kappa shape index (κ3) is 4.60. The molecule has 1 aromatic rings. The molecule has 2 rings (SSSR count). The van der Waals surface area contributed by atoms with E-state index in [9.17, 15) is 0 Å². The van der Waals surface area contributed by atoms with Crippen LogP contribution in [0.3, 0.4) is 0 Å². The summed E-state index contributed by atoms with van der Waals surface area (Å²) in [7, 11) is 0. The highest BCUT2D eigenvalue weighted by molar-refractivity contribution is 5.15. The quantitative estimate of drug-likeness (QED) is 0.906. The van der Waals surface area contributed by atoms with E-state index in [4.69, 9.17) is 0 Å². The van der Waals surface area contributed by atoms with Crippen molar-refractivity contribution in [1.82, 2.24) is 10.2 Å². The monoisotopic (exact) mass is 274 g/mol. The molecule has 0 amide bonds. The van der Waals surface area contributed by atoms with E-state index in [2.05, 4.69) is 61.3 Å². The van der Waals surface area contributed by atoms with E-state index in [0.29, 0.717) is 12.1 Å². The van der Waals surface area contributed by atoms with Crippen LogP contribution in [0, 0.1) is 5.92 Å². The summed E-state index contributed by atoms with van der Waals surface area (Å²) in [6.07, 6.45) is 3.69. The number of benzene rings is 1. The zero-order valence-electron chi connectivity index (χ0n) is 13.3. The topological polar surface area (TPSA) is 15.3 Å². The standard InChI is InChI=1S/C18H30N2/c1-4-18-10-11-20(14-15(2)13-19-18)16(3)12-17-8-6-5-7-9-17/h5-9,15-16,18-19H,4,10-14H2,1-3H3. The van der Waals surface area contributed by atoms with Gasteiger partial charge in [-0.3, -0.25) is 4.90 Å². The summed E-state index contributed by atoms with van der Waals surface area (Å²) in [5, 5.41) is 3.70. The van der Waals surface area contributed by atoms with Crippen LogP contribution < -0.4 is 5.32 Å².